The van der Waals surface area contributed by atoms with E-state index in [0.29, 0.717) is 12.8 Å². The van der Waals surface area contributed by atoms with Gasteiger partial charge in [-0.15, -0.1) is 0 Å². The molecule has 0 saturated heterocycles. The molecule has 0 fully saturated rings. The molecule has 0 N–H and O–H groups in total. The Bertz CT molecular complexity index is 434. The number of carbonyl (C=O) groups excluding carboxylic acids is 4. The molecule has 8 heteroatoms. The number of methoxy groups -OCH3 is 2. The van der Waals surface area contributed by atoms with Crippen LogP contribution in [0.3, 0.4) is 0 Å². The quantitative estimate of drug-likeness (QED) is 0.238. The van der Waals surface area contributed by atoms with Crippen molar-refractivity contribution in [3.05, 3.63) is 24.3 Å². The van der Waals surface area contributed by atoms with E-state index >= 15 is 0 Å². The van der Waals surface area contributed by atoms with E-state index in [-0.39, 0.29) is 13.2 Å². The average molecular weight is 342 g/mol. The molecule has 0 aliphatic heterocycles. The van der Waals surface area contributed by atoms with Crippen LogP contribution >= 0.6 is 0 Å². The predicted molar refractivity (Wildman–Crippen MR) is 82.7 cm³/mol. The highest BCUT2D eigenvalue weighted by molar-refractivity contribution is 5.92. The van der Waals surface area contributed by atoms with E-state index in [1.165, 1.54) is 14.2 Å². The summed E-state index contributed by atoms with van der Waals surface area (Å²) in [5.41, 5.74) is 0. The lowest BCUT2D eigenvalue weighted by molar-refractivity contribution is -0.139. The van der Waals surface area contributed by atoms with Crippen molar-refractivity contribution in [3.63, 3.8) is 0 Å². The fraction of sp³-hybridized carbons (Fsp3) is 0.500. The van der Waals surface area contributed by atoms with Crippen molar-refractivity contribution in [1.82, 2.24) is 0 Å². The number of carbonyl (C=O) groups is 4. The van der Waals surface area contributed by atoms with E-state index in [9.17, 15) is 19.2 Å². The molecule has 134 valence electrons. The molecule has 24 heavy (non-hydrogen) atoms. The standard InChI is InChI=1S/C16H22O8/c1-21-13(17)7-9-15(19)23-11-5-3-4-6-12-24-16(20)10-8-14(18)22-2/h7-10H,3-6,11-12H2,1-2H3. The molecular formula is C16H22O8. The maximum atomic E-state index is 11.2. The summed E-state index contributed by atoms with van der Waals surface area (Å²) in [5, 5.41) is 0. The van der Waals surface area contributed by atoms with Gasteiger partial charge < -0.3 is 18.9 Å². The van der Waals surface area contributed by atoms with Crippen molar-refractivity contribution in [2.45, 2.75) is 25.7 Å². The van der Waals surface area contributed by atoms with Gasteiger partial charge in [0.1, 0.15) is 0 Å². The van der Waals surface area contributed by atoms with Gasteiger partial charge in [0.05, 0.1) is 27.4 Å². The highest BCUT2D eigenvalue weighted by Crippen LogP contribution is 2.01. The van der Waals surface area contributed by atoms with Gasteiger partial charge in [0, 0.05) is 24.3 Å². The smallest absolute Gasteiger partial charge is 0.331 e. The van der Waals surface area contributed by atoms with Crippen LogP contribution in [0.25, 0.3) is 0 Å². The van der Waals surface area contributed by atoms with Crippen LogP contribution in [0.15, 0.2) is 24.3 Å². The summed E-state index contributed by atoms with van der Waals surface area (Å²) in [6, 6.07) is 0. The van der Waals surface area contributed by atoms with E-state index < -0.39 is 23.9 Å². The Morgan fingerprint density at radius 2 is 0.917 bits per heavy atom. The molecule has 0 aromatic carbocycles. The molecule has 0 unspecified atom stereocenters. The highest BCUT2D eigenvalue weighted by Gasteiger charge is 2.01. The fourth-order valence-electron chi connectivity index (χ4n) is 1.41. The minimum Gasteiger partial charge on any atom is -0.466 e. The maximum absolute atomic E-state index is 11.2. The Kier molecular flexibility index (Phi) is 12.4. The van der Waals surface area contributed by atoms with Crippen LogP contribution in [0.5, 0.6) is 0 Å². The maximum Gasteiger partial charge on any atom is 0.331 e. The SMILES string of the molecule is COC(=O)C=CC(=O)OCCCCCCOC(=O)C=CC(=O)OC. The van der Waals surface area contributed by atoms with Crippen LogP contribution in [0.2, 0.25) is 0 Å². The largest absolute Gasteiger partial charge is 0.466 e. The van der Waals surface area contributed by atoms with E-state index in [0.717, 1.165) is 37.1 Å². The van der Waals surface area contributed by atoms with Crippen molar-refractivity contribution in [2.75, 3.05) is 27.4 Å². The first-order valence-electron chi connectivity index (χ1n) is 7.35. The molecule has 0 bridgehead atoms. The van der Waals surface area contributed by atoms with Crippen LogP contribution in [-0.4, -0.2) is 51.3 Å². The first kappa shape index (κ1) is 21.4. The molecular weight excluding hydrogens is 320 g/mol. The number of ether oxygens (including phenoxy) is 4. The van der Waals surface area contributed by atoms with Crippen LogP contribution < -0.4 is 0 Å². The average Bonchev–Trinajstić information content (AvgIpc) is 2.59. The molecule has 0 heterocycles. The Morgan fingerprint density at radius 3 is 1.25 bits per heavy atom. The van der Waals surface area contributed by atoms with E-state index in [1.54, 1.807) is 0 Å². The topological polar surface area (TPSA) is 105 Å². The van der Waals surface area contributed by atoms with Crippen molar-refractivity contribution < 1.29 is 38.1 Å². The second-order valence-corrected chi connectivity index (χ2v) is 4.46. The number of esters is 4. The van der Waals surface area contributed by atoms with Crippen LogP contribution in [0, 0.1) is 0 Å². The monoisotopic (exact) mass is 342 g/mol. The Balaban J connectivity index is 3.54. The first-order chi connectivity index (χ1) is 11.5. The van der Waals surface area contributed by atoms with E-state index in [4.69, 9.17) is 9.47 Å². The number of hydrogen-bond acceptors (Lipinski definition) is 8. The zero-order chi connectivity index (χ0) is 18.2. The van der Waals surface area contributed by atoms with Gasteiger partial charge in [0.15, 0.2) is 0 Å². The summed E-state index contributed by atoms with van der Waals surface area (Å²) >= 11 is 0. The highest BCUT2D eigenvalue weighted by atomic mass is 16.5. The number of hydrogen-bond donors (Lipinski definition) is 0. The van der Waals surface area contributed by atoms with Crippen molar-refractivity contribution in [2.24, 2.45) is 0 Å². The molecule has 8 nitrogen and oxygen atoms in total. The third kappa shape index (κ3) is 13.1. The zero-order valence-corrected chi connectivity index (χ0v) is 13.8. The number of rotatable bonds is 11. The van der Waals surface area contributed by atoms with Gasteiger partial charge in [-0.25, -0.2) is 19.2 Å². The van der Waals surface area contributed by atoms with Crippen molar-refractivity contribution in [1.29, 1.82) is 0 Å². The van der Waals surface area contributed by atoms with Crippen LogP contribution in [-0.2, 0) is 38.1 Å². The van der Waals surface area contributed by atoms with E-state index in [2.05, 4.69) is 9.47 Å². The normalized spacial score (nSPS) is 10.6. The van der Waals surface area contributed by atoms with Crippen LogP contribution in [0.1, 0.15) is 25.7 Å². The number of unbranched alkanes of at least 4 members (excludes halogenated alkanes) is 3. The molecule has 0 spiro atoms. The third-order valence-corrected chi connectivity index (χ3v) is 2.64. The lowest BCUT2D eigenvalue weighted by Gasteiger charge is -2.03. The predicted octanol–water partition coefficient (Wildman–Crippen LogP) is 1.09. The van der Waals surface area contributed by atoms with Gasteiger partial charge in [0.25, 0.3) is 0 Å². The second kappa shape index (κ2) is 14.0. The second-order valence-electron chi connectivity index (χ2n) is 4.46. The minimum absolute atomic E-state index is 0.242. The molecule has 0 aliphatic rings. The van der Waals surface area contributed by atoms with Gasteiger partial charge in [-0.05, 0) is 25.7 Å². The lowest BCUT2D eigenvalue weighted by atomic mass is 10.2. The molecule has 0 radical (unpaired) electrons. The summed E-state index contributed by atoms with van der Waals surface area (Å²) in [7, 11) is 2.43. The van der Waals surface area contributed by atoms with Gasteiger partial charge in [-0.2, -0.15) is 0 Å². The summed E-state index contributed by atoms with van der Waals surface area (Å²) in [6.07, 6.45) is 6.91. The first-order valence-corrected chi connectivity index (χ1v) is 7.35. The van der Waals surface area contributed by atoms with Crippen molar-refractivity contribution >= 4 is 23.9 Å². The zero-order valence-electron chi connectivity index (χ0n) is 13.8. The Labute approximate surface area is 140 Å². The summed E-state index contributed by atoms with van der Waals surface area (Å²) in [4.78, 5) is 43.9. The van der Waals surface area contributed by atoms with Crippen molar-refractivity contribution in [3.8, 4) is 0 Å². The minimum atomic E-state index is -0.622. The van der Waals surface area contributed by atoms with Gasteiger partial charge in [-0.3, -0.25) is 0 Å². The molecule has 0 atom stereocenters. The fourth-order valence-corrected chi connectivity index (χ4v) is 1.41. The van der Waals surface area contributed by atoms with Gasteiger partial charge in [-0.1, -0.05) is 0 Å². The van der Waals surface area contributed by atoms with Gasteiger partial charge in [0.2, 0.25) is 0 Å². The molecule has 0 aliphatic carbocycles. The Hall–Kier alpha value is -2.64. The molecule has 0 aromatic heterocycles. The summed E-state index contributed by atoms with van der Waals surface area (Å²) in [5.74, 6) is -2.45. The van der Waals surface area contributed by atoms with Gasteiger partial charge >= 0.3 is 23.9 Å². The summed E-state index contributed by atoms with van der Waals surface area (Å²) < 4.78 is 18.4. The van der Waals surface area contributed by atoms with Crippen LogP contribution in [0.4, 0.5) is 0 Å². The molecule has 0 amide bonds. The Morgan fingerprint density at radius 1 is 0.583 bits per heavy atom. The molecule has 0 aromatic rings. The van der Waals surface area contributed by atoms with E-state index in [1.807, 2.05) is 0 Å². The molecule has 0 rings (SSSR count). The lowest BCUT2D eigenvalue weighted by Crippen LogP contribution is -2.05. The third-order valence-electron chi connectivity index (χ3n) is 2.64. The molecule has 0 saturated carbocycles. The summed E-state index contributed by atoms with van der Waals surface area (Å²) in [6.45, 7) is 0.484.